The fourth-order valence-electron chi connectivity index (χ4n) is 3.71. The van der Waals surface area contributed by atoms with Crippen LogP contribution in [0.15, 0.2) is 30.5 Å². The lowest BCUT2D eigenvalue weighted by atomic mass is 9.78. The van der Waals surface area contributed by atoms with Gasteiger partial charge in [0.1, 0.15) is 17.5 Å². The first-order valence-electron chi connectivity index (χ1n) is 9.62. The summed E-state index contributed by atoms with van der Waals surface area (Å²) in [5, 5.41) is 2.71. The lowest BCUT2D eigenvalue weighted by Gasteiger charge is -2.25. The zero-order valence-electron chi connectivity index (χ0n) is 17.6. The fourth-order valence-corrected chi connectivity index (χ4v) is 3.71. The molecule has 1 aliphatic rings. The molecule has 1 fully saturated rings. The van der Waals surface area contributed by atoms with E-state index in [-0.39, 0.29) is 17.5 Å². The molecule has 10 heteroatoms. The Morgan fingerprint density at radius 3 is 2.61 bits per heavy atom. The van der Waals surface area contributed by atoms with Crippen LogP contribution < -0.4 is 15.8 Å². The van der Waals surface area contributed by atoms with Gasteiger partial charge in [-0.1, -0.05) is 13.0 Å². The number of nitrogens with zero attached hydrogens (tertiary/aromatic N) is 2. The van der Waals surface area contributed by atoms with Crippen molar-refractivity contribution in [1.29, 1.82) is 0 Å². The van der Waals surface area contributed by atoms with Gasteiger partial charge in [-0.15, -0.1) is 0 Å². The standard InChI is InChI=1S/C21H24F2N4O4/c1-10-15(12-5-6-13(17(22)23)27-20(12)30-4)16(31-21(10,2)3)19(29)26-11-7-8-25-14(9-11)18(24)28/h5-10,15-17H,1-4H3,(H2,24,28)(H,25,26,29)/t10-,15-,16+/m1/s1. The Hall–Kier alpha value is -3.14. The molecule has 8 nitrogen and oxygen atoms in total. The molecule has 2 amide bonds. The number of hydrogen-bond donors (Lipinski definition) is 2. The van der Waals surface area contributed by atoms with E-state index in [2.05, 4.69) is 15.3 Å². The summed E-state index contributed by atoms with van der Waals surface area (Å²) in [7, 11) is 1.34. The van der Waals surface area contributed by atoms with Crippen LogP contribution in [0, 0.1) is 5.92 Å². The minimum Gasteiger partial charge on any atom is -0.481 e. The van der Waals surface area contributed by atoms with Crippen LogP contribution in [0.2, 0.25) is 0 Å². The molecule has 2 aromatic rings. The largest absolute Gasteiger partial charge is 0.481 e. The minimum atomic E-state index is -2.75. The highest BCUT2D eigenvalue weighted by Gasteiger charge is 2.51. The molecule has 1 saturated heterocycles. The van der Waals surface area contributed by atoms with Crippen LogP contribution in [0.1, 0.15) is 54.9 Å². The van der Waals surface area contributed by atoms with Crippen molar-refractivity contribution in [3.63, 3.8) is 0 Å². The molecule has 3 N–H and O–H groups in total. The molecule has 0 aromatic carbocycles. The number of pyridine rings is 2. The summed E-state index contributed by atoms with van der Waals surface area (Å²) in [5.41, 5.74) is 4.97. The second-order valence-electron chi connectivity index (χ2n) is 7.87. The first-order chi connectivity index (χ1) is 14.5. The third-order valence-corrected chi connectivity index (χ3v) is 5.62. The van der Waals surface area contributed by atoms with Crippen LogP contribution in [0.25, 0.3) is 0 Å². The van der Waals surface area contributed by atoms with E-state index in [4.69, 9.17) is 15.2 Å². The second-order valence-corrected chi connectivity index (χ2v) is 7.87. The van der Waals surface area contributed by atoms with Gasteiger partial charge in [0.05, 0.1) is 12.7 Å². The van der Waals surface area contributed by atoms with Gasteiger partial charge in [0, 0.05) is 23.4 Å². The van der Waals surface area contributed by atoms with Gasteiger partial charge in [-0.3, -0.25) is 14.6 Å². The number of alkyl halides is 2. The van der Waals surface area contributed by atoms with Crippen molar-refractivity contribution < 1.29 is 27.8 Å². The number of rotatable bonds is 6. The number of anilines is 1. The highest BCUT2D eigenvalue weighted by Crippen LogP contribution is 2.48. The van der Waals surface area contributed by atoms with Gasteiger partial charge in [0.25, 0.3) is 18.2 Å². The molecule has 0 aliphatic carbocycles. The van der Waals surface area contributed by atoms with Gasteiger partial charge < -0.3 is 20.5 Å². The summed E-state index contributed by atoms with van der Waals surface area (Å²) >= 11 is 0. The predicted molar refractivity (Wildman–Crippen MR) is 108 cm³/mol. The SMILES string of the molecule is COc1nc(C(F)F)ccc1[C@@H]1[C@@H](C(=O)Nc2ccnc(C(N)=O)c2)OC(C)(C)[C@@H]1C. The fraction of sp³-hybridized carbons (Fsp3) is 0.429. The Morgan fingerprint density at radius 1 is 1.29 bits per heavy atom. The Morgan fingerprint density at radius 2 is 2.00 bits per heavy atom. The minimum absolute atomic E-state index is 0.00356. The summed E-state index contributed by atoms with van der Waals surface area (Å²) in [6, 6.07) is 5.59. The topological polar surface area (TPSA) is 116 Å². The second kappa shape index (κ2) is 8.54. The molecular weight excluding hydrogens is 410 g/mol. The lowest BCUT2D eigenvalue weighted by molar-refractivity contribution is -0.131. The Kier molecular flexibility index (Phi) is 6.21. The zero-order chi connectivity index (χ0) is 22.9. The molecule has 0 bridgehead atoms. The number of amides is 2. The average molecular weight is 434 g/mol. The van der Waals surface area contributed by atoms with Crippen LogP contribution >= 0.6 is 0 Å². The highest BCUT2D eigenvalue weighted by molar-refractivity contribution is 5.97. The molecule has 1 aliphatic heterocycles. The highest BCUT2D eigenvalue weighted by atomic mass is 19.3. The van der Waals surface area contributed by atoms with Crippen LogP contribution in [-0.4, -0.2) is 40.6 Å². The van der Waals surface area contributed by atoms with E-state index in [1.54, 1.807) is 0 Å². The van der Waals surface area contributed by atoms with Crippen LogP contribution in [-0.2, 0) is 9.53 Å². The molecule has 3 heterocycles. The van der Waals surface area contributed by atoms with Crippen molar-refractivity contribution in [1.82, 2.24) is 9.97 Å². The monoisotopic (exact) mass is 434 g/mol. The Bertz CT molecular complexity index is 999. The first kappa shape index (κ1) is 22.5. The molecule has 166 valence electrons. The van der Waals surface area contributed by atoms with E-state index in [9.17, 15) is 18.4 Å². The third-order valence-electron chi connectivity index (χ3n) is 5.62. The number of ether oxygens (including phenoxy) is 2. The summed E-state index contributed by atoms with van der Waals surface area (Å²) in [5.74, 6) is -1.86. The van der Waals surface area contributed by atoms with E-state index < -0.39 is 41.6 Å². The number of nitrogens with two attached hydrogens (primary N) is 1. The Labute approximate surface area is 178 Å². The van der Waals surface area contributed by atoms with Gasteiger partial charge in [-0.25, -0.2) is 13.8 Å². The number of methoxy groups -OCH3 is 1. The summed E-state index contributed by atoms with van der Waals surface area (Å²) < 4.78 is 37.5. The molecule has 0 saturated carbocycles. The molecular formula is C21H24F2N4O4. The van der Waals surface area contributed by atoms with Crippen molar-refractivity contribution in [2.45, 2.75) is 44.8 Å². The molecule has 3 atom stereocenters. The van der Waals surface area contributed by atoms with E-state index in [0.717, 1.165) is 0 Å². The zero-order valence-corrected chi connectivity index (χ0v) is 17.6. The van der Waals surface area contributed by atoms with Crippen molar-refractivity contribution >= 4 is 17.5 Å². The smallest absolute Gasteiger partial charge is 0.280 e. The van der Waals surface area contributed by atoms with Crippen LogP contribution in [0.3, 0.4) is 0 Å². The number of carbonyl (C=O) groups excluding carboxylic acids is 2. The van der Waals surface area contributed by atoms with E-state index >= 15 is 0 Å². The number of aromatic nitrogens is 2. The van der Waals surface area contributed by atoms with Crippen molar-refractivity contribution in [3.8, 4) is 5.88 Å². The van der Waals surface area contributed by atoms with Gasteiger partial charge in [-0.2, -0.15) is 0 Å². The number of halogens is 2. The summed E-state index contributed by atoms with van der Waals surface area (Å²) in [6.07, 6.45) is -2.35. The quantitative estimate of drug-likeness (QED) is 0.722. The first-order valence-corrected chi connectivity index (χ1v) is 9.62. The van der Waals surface area contributed by atoms with Crippen molar-refractivity contribution in [3.05, 3.63) is 47.4 Å². The summed E-state index contributed by atoms with van der Waals surface area (Å²) in [6.45, 7) is 5.61. The molecule has 3 rings (SSSR count). The predicted octanol–water partition coefficient (Wildman–Crippen LogP) is 3.06. The van der Waals surface area contributed by atoms with Gasteiger partial charge in [-0.05, 0) is 38.0 Å². The van der Waals surface area contributed by atoms with Gasteiger partial charge >= 0.3 is 0 Å². The molecule has 0 radical (unpaired) electrons. The Balaban J connectivity index is 1.96. The van der Waals surface area contributed by atoms with Crippen molar-refractivity contribution in [2.24, 2.45) is 11.7 Å². The maximum absolute atomic E-state index is 13.1. The third kappa shape index (κ3) is 4.48. The number of nitrogens with one attached hydrogen (secondary N) is 1. The normalized spacial score (nSPS) is 22.4. The molecule has 0 spiro atoms. The number of carbonyl (C=O) groups is 2. The van der Waals surface area contributed by atoms with E-state index in [1.807, 2.05) is 20.8 Å². The average Bonchev–Trinajstić information content (AvgIpc) is 2.97. The molecule has 31 heavy (non-hydrogen) atoms. The van der Waals surface area contributed by atoms with E-state index in [1.165, 1.54) is 37.6 Å². The van der Waals surface area contributed by atoms with Crippen molar-refractivity contribution in [2.75, 3.05) is 12.4 Å². The van der Waals surface area contributed by atoms with Crippen LogP contribution in [0.4, 0.5) is 14.5 Å². The van der Waals surface area contributed by atoms with E-state index in [0.29, 0.717) is 11.3 Å². The number of hydrogen-bond acceptors (Lipinski definition) is 6. The molecule has 0 unspecified atom stereocenters. The van der Waals surface area contributed by atoms with Gasteiger partial charge in [0.2, 0.25) is 5.88 Å². The van der Waals surface area contributed by atoms with Gasteiger partial charge in [0.15, 0.2) is 0 Å². The van der Waals surface area contributed by atoms with Crippen LogP contribution in [0.5, 0.6) is 5.88 Å². The summed E-state index contributed by atoms with van der Waals surface area (Å²) in [4.78, 5) is 32.2. The lowest BCUT2D eigenvalue weighted by Crippen LogP contribution is -2.33. The maximum atomic E-state index is 13.1. The number of primary amides is 1. The molecule has 2 aromatic heterocycles. The maximum Gasteiger partial charge on any atom is 0.280 e.